The van der Waals surface area contributed by atoms with Crippen molar-refractivity contribution in [2.75, 3.05) is 0 Å². The van der Waals surface area contributed by atoms with Crippen molar-refractivity contribution >= 4 is 5.97 Å². The minimum absolute atomic E-state index is 0. The van der Waals surface area contributed by atoms with Gasteiger partial charge in [0, 0.05) is 6.20 Å². The summed E-state index contributed by atoms with van der Waals surface area (Å²) in [4.78, 5) is 14.2. The zero-order valence-corrected chi connectivity index (χ0v) is 10.8. The molecule has 1 unspecified atom stereocenters. The Bertz CT molecular complexity index is 304. The van der Waals surface area contributed by atoms with E-state index in [1.807, 2.05) is 0 Å². The number of hydrogen-bond acceptors (Lipinski definition) is 4. The van der Waals surface area contributed by atoms with Crippen LogP contribution >= 0.6 is 0 Å². The minimum atomic E-state index is -1.31. The summed E-state index contributed by atoms with van der Waals surface area (Å²) in [6.45, 7) is 1.76. The third kappa shape index (κ3) is 3.45. The van der Waals surface area contributed by atoms with Gasteiger partial charge in [-0.25, -0.2) is 0 Å². The Labute approximate surface area is 119 Å². The second-order valence-corrected chi connectivity index (χ2v) is 2.50. The van der Waals surface area contributed by atoms with E-state index < -0.39 is 12.0 Å². The molecule has 0 saturated carbocycles. The number of carbonyl (C=O) groups is 1. The van der Waals surface area contributed by atoms with Crippen molar-refractivity contribution in [2.24, 2.45) is 5.73 Å². The number of nitrogens with zero attached hydrogens (tertiary/aromatic N) is 1. The zero-order chi connectivity index (χ0) is 9.14. The average molecular weight is 204 g/mol. The van der Waals surface area contributed by atoms with Crippen LogP contribution in [0.4, 0.5) is 0 Å². The van der Waals surface area contributed by atoms with Gasteiger partial charge in [-0.3, -0.25) is 4.98 Å². The van der Waals surface area contributed by atoms with Gasteiger partial charge < -0.3 is 15.6 Å². The van der Waals surface area contributed by atoms with E-state index in [9.17, 15) is 9.90 Å². The normalized spacial score (nSPS) is 11.5. The summed E-state index contributed by atoms with van der Waals surface area (Å²) in [6, 6.07) is 2.34. The van der Waals surface area contributed by atoms with E-state index in [1.54, 1.807) is 19.1 Å². The maximum absolute atomic E-state index is 10.4. The Balaban J connectivity index is 0.00000144. The summed E-state index contributed by atoms with van der Waals surface area (Å²) in [6.07, 6.45) is 1.51. The summed E-state index contributed by atoms with van der Waals surface area (Å²) in [5.41, 5.74) is 6.43. The number of aromatic nitrogens is 1. The van der Waals surface area contributed by atoms with Crippen LogP contribution in [0, 0.1) is 6.92 Å². The fourth-order valence-electron chi connectivity index (χ4n) is 0.935. The first kappa shape index (κ1) is 13.2. The maximum Gasteiger partial charge on any atom is 1.00 e. The van der Waals surface area contributed by atoms with Crippen LogP contribution in [0.5, 0.6) is 0 Å². The van der Waals surface area contributed by atoms with Gasteiger partial charge in [-0.15, -0.1) is 0 Å². The Kier molecular flexibility index (Phi) is 5.94. The molecule has 64 valence electrons. The SMILES string of the molecule is Cc1cccnc1C(N)C(=O)[O-].[K+]. The number of carboxylic acids is 1. The molecule has 4 nitrogen and oxygen atoms in total. The molecule has 0 saturated heterocycles. The largest absolute Gasteiger partial charge is 1.00 e. The first-order chi connectivity index (χ1) is 5.63. The van der Waals surface area contributed by atoms with Gasteiger partial charge in [0.25, 0.3) is 0 Å². The van der Waals surface area contributed by atoms with Crippen molar-refractivity contribution in [3.05, 3.63) is 29.6 Å². The Morgan fingerprint density at radius 1 is 1.69 bits per heavy atom. The Morgan fingerprint density at radius 2 is 2.31 bits per heavy atom. The van der Waals surface area contributed by atoms with Crippen LogP contribution in [0.3, 0.4) is 0 Å². The number of carbonyl (C=O) groups excluding carboxylic acids is 1. The molecule has 0 aliphatic heterocycles. The van der Waals surface area contributed by atoms with Crippen LogP contribution in [0.2, 0.25) is 0 Å². The summed E-state index contributed by atoms with van der Waals surface area (Å²) in [5, 5.41) is 10.4. The molecule has 0 radical (unpaired) electrons. The van der Waals surface area contributed by atoms with E-state index >= 15 is 0 Å². The molecular weight excluding hydrogens is 195 g/mol. The maximum atomic E-state index is 10.4. The molecule has 1 heterocycles. The molecule has 2 N–H and O–H groups in total. The van der Waals surface area contributed by atoms with Crippen LogP contribution < -0.4 is 62.2 Å². The predicted molar refractivity (Wildman–Crippen MR) is 40.9 cm³/mol. The number of aliphatic carboxylic acids is 1. The third-order valence-electron chi connectivity index (χ3n) is 1.60. The van der Waals surface area contributed by atoms with Gasteiger partial charge in [0.1, 0.15) is 0 Å². The van der Waals surface area contributed by atoms with E-state index in [4.69, 9.17) is 5.73 Å². The van der Waals surface area contributed by atoms with Crippen LogP contribution in [0.1, 0.15) is 17.3 Å². The molecule has 1 atom stereocenters. The fraction of sp³-hybridized carbons (Fsp3) is 0.250. The molecule has 1 aromatic rings. The number of aryl methyl sites for hydroxylation is 1. The van der Waals surface area contributed by atoms with Gasteiger partial charge in [0.2, 0.25) is 0 Å². The fourth-order valence-corrected chi connectivity index (χ4v) is 0.935. The molecule has 1 aromatic heterocycles. The first-order valence-corrected chi connectivity index (χ1v) is 3.51. The van der Waals surface area contributed by atoms with Gasteiger partial charge in [0.05, 0.1) is 17.7 Å². The molecule has 0 aliphatic carbocycles. The number of rotatable bonds is 2. The smallest absolute Gasteiger partial charge is 0.548 e. The Hall–Kier alpha value is 0.216. The Morgan fingerprint density at radius 3 is 2.77 bits per heavy atom. The minimum Gasteiger partial charge on any atom is -0.548 e. The number of hydrogen-bond donors (Lipinski definition) is 1. The van der Waals surface area contributed by atoms with E-state index in [1.165, 1.54) is 6.20 Å². The molecule has 5 heteroatoms. The molecule has 0 aliphatic rings. The van der Waals surface area contributed by atoms with Crippen molar-refractivity contribution in [2.45, 2.75) is 13.0 Å². The van der Waals surface area contributed by atoms with E-state index in [0.29, 0.717) is 5.69 Å². The molecule has 0 bridgehead atoms. The average Bonchev–Trinajstić information content (AvgIpc) is 2.04. The zero-order valence-electron chi connectivity index (χ0n) is 7.65. The van der Waals surface area contributed by atoms with E-state index in [0.717, 1.165) is 5.56 Å². The summed E-state index contributed by atoms with van der Waals surface area (Å²) in [7, 11) is 0. The monoisotopic (exact) mass is 204 g/mol. The van der Waals surface area contributed by atoms with E-state index in [2.05, 4.69) is 4.98 Å². The quantitative estimate of drug-likeness (QED) is 0.500. The van der Waals surface area contributed by atoms with Crippen LogP contribution in [0.25, 0.3) is 0 Å². The number of nitrogens with two attached hydrogens (primary N) is 1. The van der Waals surface area contributed by atoms with Crippen molar-refractivity contribution in [1.29, 1.82) is 0 Å². The van der Waals surface area contributed by atoms with Crippen molar-refractivity contribution in [3.63, 3.8) is 0 Å². The molecule has 0 spiro atoms. The van der Waals surface area contributed by atoms with Crippen molar-refractivity contribution in [3.8, 4) is 0 Å². The van der Waals surface area contributed by atoms with Gasteiger partial charge in [-0.2, -0.15) is 0 Å². The van der Waals surface area contributed by atoms with Gasteiger partial charge in [0.15, 0.2) is 0 Å². The van der Waals surface area contributed by atoms with Gasteiger partial charge in [-0.1, -0.05) is 6.07 Å². The summed E-state index contributed by atoms with van der Waals surface area (Å²) in [5.74, 6) is -1.31. The van der Waals surface area contributed by atoms with Crippen LogP contribution in [-0.2, 0) is 4.79 Å². The number of carboxylic acid groups (broad SMARTS) is 1. The molecular formula is C8H9KN2O2. The van der Waals surface area contributed by atoms with Crippen molar-refractivity contribution in [1.82, 2.24) is 4.98 Å². The molecule has 1 rings (SSSR count). The summed E-state index contributed by atoms with van der Waals surface area (Å²) < 4.78 is 0. The van der Waals surface area contributed by atoms with Gasteiger partial charge in [-0.05, 0) is 18.6 Å². The first-order valence-electron chi connectivity index (χ1n) is 3.51. The second-order valence-electron chi connectivity index (χ2n) is 2.50. The van der Waals surface area contributed by atoms with Crippen molar-refractivity contribution < 1.29 is 61.3 Å². The number of pyridine rings is 1. The topological polar surface area (TPSA) is 79.0 Å². The molecule has 0 fully saturated rings. The second kappa shape index (κ2) is 5.84. The van der Waals surface area contributed by atoms with Gasteiger partial charge >= 0.3 is 51.4 Å². The standard InChI is InChI=1S/C8H10N2O2.K/c1-5-3-2-4-10-7(5)6(9)8(11)12;/h2-4,6H,9H2,1H3,(H,11,12);/q;+1/p-1. The van der Waals surface area contributed by atoms with Crippen LogP contribution in [-0.4, -0.2) is 11.0 Å². The predicted octanol–water partition coefficient (Wildman–Crippen LogP) is -3.86. The molecule has 0 aromatic carbocycles. The summed E-state index contributed by atoms with van der Waals surface area (Å²) >= 11 is 0. The molecule has 0 amide bonds. The molecule has 13 heavy (non-hydrogen) atoms. The van der Waals surface area contributed by atoms with E-state index in [-0.39, 0.29) is 51.4 Å². The van der Waals surface area contributed by atoms with Crippen LogP contribution in [0.15, 0.2) is 18.3 Å². The third-order valence-corrected chi connectivity index (χ3v) is 1.60.